The Kier molecular flexibility index (Phi) is 4.55. The molecule has 1 heterocycles. The molecule has 0 aliphatic heterocycles. The van der Waals surface area contributed by atoms with Crippen molar-refractivity contribution in [1.82, 2.24) is 20.8 Å². The molecule has 3 rings (SSSR count). The summed E-state index contributed by atoms with van der Waals surface area (Å²) in [5, 5.41) is 9.71. The molecular weight excluding hydrogens is 304 g/mol. The van der Waals surface area contributed by atoms with E-state index in [2.05, 4.69) is 46.8 Å². The van der Waals surface area contributed by atoms with Gasteiger partial charge in [0.25, 0.3) is 0 Å². The quantitative estimate of drug-likeness (QED) is 0.854. The summed E-state index contributed by atoms with van der Waals surface area (Å²) in [5.41, 5.74) is 1.01. The molecule has 1 aromatic heterocycles. The standard InChI is InChI=1S/C18H24N4O2/c1-12(18(2,3)14-7-5-4-6-8-14)20-17(23)19-11-15-21-16(22-24-15)13-9-10-13/h4-8,12-13H,9-11H2,1-3H3,(H2,19,20,23). The van der Waals surface area contributed by atoms with E-state index in [0.29, 0.717) is 11.8 Å². The Hall–Kier alpha value is -2.37. The molecule has 1 unspecified atom stereocenters. The summed E-state index contributed by atoms with van der Waals surface area (Å²) in [6.45, 7) is 6.48. The first-order chi connectivity index (χ1) is 11.5. The van der Waals surface area contributed by atoms with Gasteiger partial charge >= 0.3 is 6.03 Å². The molecule has 1 aromatic carbocycles. The first-order valence-corrected chi connectivity index (χ1v) is 8.39. The lowest BCUT2D eigenvalue weighted by Crippen LogP contribution is -2.49. The van der Waals surface area contributed by atoms with Crippen molar-refractivity contribution in [3.05, 3.63) is 47.6 Å². The minimum Gasteiger partial charge on any atom is -0.337 e. The van der Waals surface area contributed by atoms with E-state index in [0.717, 1.165) is 18.7 Å². The van der Waals surface area contributed by atoms with Crippen LogP contribution in [0.3, 0.4) is 0 Å². The molecule has 0 saturated heterocycles. The van der Waals surface area contributed by atoms with Crippen molar-refractivity contribution in [2.24, 2.45) is 0 Å². The van der Waals surface area contributed by atoms with Crippen molar-refractivity contribution in [1.29, 1.82) is 0 Å². The molecule has 0 radical (unpaired) electrons. The second kappa shape index (κ2) is 6.63. The third-order valence-corrected chi connectivity index (χ3v) is 4.77. The third-order valence-electron chi connectivity index (χ3n) is 4.77. The Morgan fingerprint density at radius 2 is 2.04 bits per heavy atom. The fourth-order valence-electron chi connectivity index (χ4n) is 2.55. The van der Waals surface area contributed by atoms with E-state index in [1.807, 2.05) is 25.1 Å². The average molecular weight is 328 g/mol. The lowest BCUT2D eigenvalue weighted by molar-refractivity contribution is 0.229. The zero-order chi connectivity index (χ0) is 17.2. The third kappa shape index (κ3) is 3.75. The number of hydrogen-bond donors (Lipinski definition) is 2. The van der Waals surface area contributed by atoms with Crippen LogP contribution in [0.2, 0.25) is 0 Å². The minimum absolute atomic E-state index is 0.0374. The van der Waals surface area contributed by atoms with Crippen LogP contribution in [0.1, 0.15) is 56.8 Å². The zero-order valence-electron chi connectivity index (χ0n) is 14.4. The molecule has 24 heavy (non-hydrogen) atoms. The van der Waals surface area contributed by atoms with Gasteiger partial charge in [0.15, 0.2) is 5.82 Å². The largest absolute Gasteiger partial charge is 0.337 e. The van der Waals surface area contributed by atoms with E-state index in [4.69, 9.17) is 4.52 Å². The molecule has 1 saturated carbocycles. The molecule has 2 aromatic rings. The molecule has 0 bridgehead atoms. The number of amides is 2. The van der Waals surface area contributed by atoms with Gasteiger partial charge < -0.3 is 15.2 Å². The molecular formula is C18H24N4O2. The van der Waals surface area contributed by atoms with E-state index in [9.17, 15) is 4.79 Å². The number of urea groups is 1. The number of carbonyl (C=O) groups excluding carboxylic acids is 1. The highest BCUT2D eigenvalue weighted by Gasteiger charge is 2.30. The first kappa shape index (κ1) is 16.5. The topological polar surface area (TPSA) is 80.0 Å². The summed E-state index contributed by atoms with van der Waals surface area (Å²) in [7, 11) is 0. The molecule has 1 aliphatic rings. The molecule has 6 nitrogen and oxygen atoms in total. The van der Waals surface area contributed by atoms with Crippen LogP contribution in [0.25, 0.3) is 0 Å². The van der Waals surface area contributed by atoms with Crippen LogP contribution < -0.4 is 10.6 Å². The van der Waals surface area contributed by atoms with Crippen LogP contribution in [0.15, 0.2) is 34.9 Å². The Morgan fingerprint density at radius 3 is 2.71 bits per heavy atom. The molecule has 128 valence electrons. The lowest BCUT2D eigenvalue weighted by atomic mass is 9.78. The number of benzene rings is 1. The Labute approximate surface area is 142 Å². The van der Waals surface area contributed by atoms with E-state index < -0.39 is 0 Å². The lowest BCUT2D eigenvalue weighted by Gasteiger charge is -2.33. The first-order valence-electron chi connectivity index (χ1n) is 8.39. The molecule has 2 amide bonds. The van der Waals surface area contributed by atoms with Crippen molar-refractivity contribution in [3.8, 4) is 0 Å². The monoisotopic (exact) mass is 328 g/mol. The zero-order valence-corrected chi connectivity index (χ0v) is 14.4. The van der Waals surface area contributed by atoms with E-state index in [1.165, 1.54) is 5.56 Å². The molecule has 1 aliphatic carbocycles. The number of hydrogen-bond acceptors (Lipinski definition) is 4. The van der Waals surface area contributed by atoms with Crippen molar-refractivity contribution in [2.75, 3.05) is 0 Å². The van der Waals surface area contributed by atoms with E-state index in [1.54, 1.807) is 0 Å². The van der Waals surface area contributed by atoms with Crippen molar-refractivity contribution in [3.63, 3.8) is 0 Å². The van der Waals surface area contributed by atoms with Crippen LogP contribution in [-0.2, 0) is 12.0 Å². The number of aromatic nitrogens is 2. The number of nitrogens with zero attached hydrogens (tertiary/aromatic N) is 2. The Morgan fingerprint density at radius 1 is 1.33 bits per heavy atom. The van der Waals surface area contributed by atoms with Crippen LogP contribution in [0.4, 0.5) is 4.79 Å². The van der Waals surface area contributed by atoms with Crippen LogP contribution in [-0.4, -0.2) is 22.2 Å². The van der Waals surface area contributed by atoms with Gasteiger partial charge in [0.1, 0.15) is 0 Å². The van der Waals surface area contributed by atoms with Gasteiger partial charge in [-0.25, -0.2) is 4.79 Å². The number of rotatable bonds is 6. The van der Waals surface area contributed by atoms with Gasteiger partial charge in [0.05, 0.1) is 6.54 Å². The van der Waals surface area contributed by atoms with Crippen LogP contribution in [0.5, 0.6) is 0 Å². The van der Waals surface area contributed by atoms with Gasteiger partial charge in [-0.2, -0.15) is 4.98 Å². The highest BCUT2D eigenvalue weighted by atomic mass is 16.5. The maximum atomic E-state index is 12.1. The fourth-order valence-corrected chi connectivity index (χ4v) is 2.55. The van der Waals surface area contributed by atoms with Crippen LogP contribution >= 0.6 is 0 Å². The van der Waals surface area contributed by atoms with E-state index >= 15 is 0 Å². The van der Waals surface area contributed by atoms with Crippen molar-refractivity contribution in [2.45, 2.75) is 57.5 Å². The summed E-state index contributed by atoms with van der Waals surface area (Å²) in [4.78, 5) is 16.4. The van der Waals surface area contributed by atoms with Crippen molar-refractivity contribution < 1.29 is 9.32 Å². The van der Waals surface area contributed by atoms with Crippen molar-refractivity contribution >= 4 is 6.03 Å². The predicted octanol–water partition coefficient (Wildman–Crippen LogP) is 3.11. The maximum Gasteiger partial charge on any atom is 0.315 e. The van der Waals surface area contributed by atoms with Gasteiger partial charge in [-0.1, -0.05) is 49.3 Å². The maximum absolute atomic E-state index is 12.1. The highest BCUT2D eigenvalue weighted by molar-refractivity contribution is 5.74. The summed E-state index contributed by atoms with van der Waals surface area (Å²) in [6, 6.07) is 9.89. The second-order valence-electron chi connectivity index (χ2n) is 6.96. The fraction of sp³-hybridized carbons (Fsp3) is 0.500. The minimum atomic E-state index is -0.238. The van der Waals surface area contributed by atoms with Gasteiger partial charge in [0, 0.05) is 17.4 Å². The smallest absolute Gasteiger partial charge is 0.315 e. The molecule has 1 atom stereocenters. The summed E-state index contributed by atoms with van der Waals surface area (Å²) in [6.07, 6.45) is 2.25. The van der Waals surface area contributed by atoms with Gasteiger partial charge in [-0.05, 0) is 25.3 Å². The summed E-state index contributed by atoms with van der Waals surface area (Å²) in [5.74, 6) is 1.65. The summed E-state index contributed by atoms with van der Waals surface area (Å²) < 4.78 is 5.15. The normalized spacial score (nSPS) is 15.8. The van der Waals surface area contributed by atoms with Gasteiger partial charge in [-0.3, -0.25) is 0 Å². The van der Waals surface area contributed by atoms with Crippen LogP contribution in [0, 0.1) is 0 Å². The molecule has 1 fully saturated rings. The average Bonchev–Trinajstić information content (AvgIpc) is 3.32. The Bertz CT molecular complexity index is 692. The highest BCUT2D eigenvalue weighted by Crippen LogP contribution is 2.38. The molecule has 2 N–H and O–H groups in total. The molecule has 6 heteroatoms. The summed E-state index contributed by atoms with van der Waals surface area (Å²) >= 11 is 0. The Balaban J connectivity index is 1.51. The molecule has 0 spiro atoms. The predicted molar refractivity (Wildman–Crippen MR) is 90.6 cm³/mol. The van der Waals surface area contributed by atoms with Gasteiger partial charge in [0.2, 0.25) is 5.89 Å². The van der Waals surface area contributed by atoms with E-state index in [-0.39, 0.29) is 24.0 Å². The second-order valence-corrected chi connectivity index (χ2v) is 6.96. The SMILES string of the molecule is CC(NC(=O)NCc1nc(C2CC2)no1)C(C)(C)c1ccccc1. The van der Waals surface area contributed by atoms with Gasteiger partial charge in [-0.15, -0.1) is 0 Å². The number of carbonyl (C=O) groups is 1. The number of nitrogens with one attached hydrogen (secondary N) is 2.